The number of carbonyl (C=O) groups is 2. The van der Waals surface area contributed by atoms with Gasteiger partial charge in [0.05, 0.1) is 6.10 Å². The molecule has 3 nitrogen and oxygen atoms in total. The van der Waals surface area contributed by atoms with Crippen molar-refractivity contribution < 1.29 is 14.7 Å². The average Bonchev–Trinajstić information content (AvgIpc) is 2.90. The Balaban J connectivity index is 1.75. The van der Waals surface area contributed by atoms with Crippen LogP contribution < -0.4 is 0 Å². The van der Waals surface area contributed by atoms with Crippen LogP contribution in [0.4, 0.5) is 0 Å². The molecule has 0 spiro atoms. The third-order valence-corrected chi connectivity index (χ3v) is 7.28. The van der Waals surface area contributed by atoms with Crippen molar-refractivity contribution in [3.63, 3.8) is 0 Å². The quantitative estimate of drug-likeness (QED) is 0.757. The van der Waals surface area contributed by atoms with Crippen molar-refractivity contribution >= 4 is 11.6 Å². The number of aliphatic hydroxyl groups is 1. The van der Waals surface area contributed by atoms with Gasteiger partial charge in [-0.25, -0.2) is 0 Å². The zero-order valence-corrected chi connectivity index (χ0v) is 13.4. The van der Waals surface area contributed by atoms with Gasteiger partial charge >= 0.3 is 0 Å². The maximum atomic E-state index is 13.0. The molecule has 0 amide bonds. The maximum absolute atomic E-state index is 13.0. The van der Waals surface area contributed by atoms with Gasteiger partial charge in [0.25, 0.3) is 0 Å². The predicted octanol–water partition coefficient (Wildman–Crippen LogP) is 3.06. The Morgan fingerprint density at radius 3 is 2.91 bits per heavy atom. The SMILES string of the molecule is CC[C@@]12CCC[C@H]1[C@@H]1C(O)C=C3CC(=O)CC[C@@H]3[C@H]1C(=O)C2. The predicted molar refractivity (Wildman–Crippen MR) is 83.1 cm³/mol. The van der Waals surface area contributed by atoms with E-state index in [1.165, 1.54) is 6.42 Å². The van der Waals surface area contributed by atoms with Crippen LogP contribution in [-0.4, -0.2) is 22.8 Å². The molecule has 6 atom stereocenters. The highest BCUT2D eigenvalue weighted by Crippen LogP contribution is 2.61. The molecule has 1 N–H and O–H groups in total. The fourth-order valence-electron chi connectivity index (χ4n) is 6.29. The summed E-state index contributed by atoms with van der Waals surface area (Å²) in [6, 6.07) is 0. The first-order valence-corrected chi connectivity index (χ1v) is 8.99. The summed E-state index contributed by atoms with van der Waals surface area (Å²) >= 11 is 0. The summed E-state index contributed by atoms with van der Waals surface area (Å²) < 4.78 is 0. The Kier molecular flexibility index (Phi) is 3.34. The standard InChI is InChI=1S/C19H26O3/c1-2-19-7-3-4-14(19)18-15(21)9-11-8-12(20)5-6-13(11)17(18)16(22)10-19/h9,13-15,17-18,21H,2-8,10H2,1H3/t13-,14-,15?,17-,18+,19-/m0/s1. The Hall–Kier alpha value is -0.960. The number of Topliss-reactive ketones (excluding diaryl/α,β-unsaturated/α-hetero) is 2. The van der Waals surface area contributed by atoms with Crippen LogP contribution in [0.3, 0.4) is 0 Å². The summed E-state index contributed by atoms with van der Waals surface area (Å²) in [5.74, 6) is 1.44. The average molecular weight is 302 g/mol. The number of rotatable bonds is 1. The summed E-state index contributed by atoms with van der Waals surface area (Å²) in [7, 11) is 0. The van der Waals surface area contributed by atoms with Gasteiger partial charge in [0.2, 0.25) is 0 Å². The van der Waals surface area contributed by atoms with Crippen molar-refractivity contribution in [2.75, 3.05) is 0 Å². The summed E-state index contributed by atoms with van der Waals surface area (Å²) in [5.41, 5.74) is 1.20. The normalized spacial score (nSPS) is 47.5. The van der Waals surface area contributed by atoms with Crippen molar-refractivity contribution in [2.24, 2.45) is 29.1 Å². The van der Waals surface area contributed by atoms with Gasteiger partial charge in [-0.1, -0.05) is 25.0 Å². The maximum Gasteiger partial charge on any atom is 0.137 e. The Labute approximate surface area is 132 Å². The van der Waals surface area contributed by atoms with Crippen LogP contribution in [0, 0.1) is 29.1 Å². The summed E-state index contributed by atoms with van der Waals surface area (Å²) in [6.07, 6.45) is 8.57. The first kappa shape index (κ1) is 14.6. The zero-order valence-electron chi connectivity index (χ0n) is 13.4. The molecule has 22 heavy (non-hydrogen) atoms. The molecule has 0 aromatic rings. The minimum Gasteiger partial charge on any atom is -0.389 e. The van der Waals surface area contributed by atoms with Gasteiger partial charge in [-0.3, -0.25) is 9.59 Å². The highest BCUT2D eigenvalue weighted by molar-refractivity contribution is 5.87. The van der Waals surface area contributed by atoms with E-state index < -0.39 is 6.10 Å². The van der Waals surface area contributed by atoms with Crippen molar-refractivity contribution in [1.82, 2.24) is 0 Å². The summed E-state index contributed by atoms with van der Waals surface area (Å²) in [5, 5.41) is 10.8. The van der Waals surface area contributed by atoms with Crippen LogP contribution in [0.1, 0.15) is 58.3 Å². The highest BCUT2D eigenvalue weighted by Gasteiger charge is 2.58. The smallest absolute Gasteiger partial charge is 0.137 e. The minimum absolute atomic E-state index is 0.0223. The van der Waals surface area contributed by atoms with Gasteiger partial charge in [-0.2, -0.15) is 0 Å². The number of carbonyl (C=O) groups excluding carboxylic acids is 2. The van der Waals surface area contributed by atoms with Gasteiger partial charge < -0.3 is 5.11 Å². The molecule has 4 aliphatic rings. The van der Waals surface area contributed by atoms with E-state index in [9.17, 15) is 14.7 Å². The van der Waals surface area contributed by atoms with Gasteiger partial charge in [0.15, 0.2) is 0 Å². The molecule has 4 aliphatic carbocycles. The highest BCUT2D eigenvalue weighted by atomic mass is 16.3. The van der Waals surface area contributed by atoms with E-state index in [1.807, 2.05) is 6.08 Å². The molecule has 0 radical (unpaired) electrons. The van der Waals surface area contributed by atoms with Crippen LogP contribution in [-0.2, 0) is 9.59 Å². The van der Waals surface area contributed by atoms with Crippen LogP contribution >= 0.6 is 0 Å². The first-order valence-electron chi connectivity index (χ1n) is 8.99. The fraction of sp³-hybridized carbons (Fsp3) is 0.789. The molecular formula is C19H26O3. The second-order valence-corrected chi connectivity index (χ2v) is 8.05. The van der Waals surface area contributed by atoms with Crippen LogP contribution in [0.25, 0.3) is 0 Å². The molecule has 3 saturated carbocycles. The van der Waals surface area contributed by atoms with Crippen LogP contribution in [0.5, 0.6) is 0 Å². The molecule has 4 rings (SSSR count). The lowest BCUT2D eigenvalue weighted by Crippen LogP contribution is -2.54. The fourth-order valence-corrected chi connectivity index (χ4v) is 6.29. The number of ketones is 2. The van der Waals surface area contributed by atoms with Crippen molar-refractivity contribution in [1.29, 1.82) is 0 Å². The molecule has 0 bridgehead atoms. The molecule has 0 heterocycles. The van der Waals surface area contributed by atoms with Gasteiger partial charge in [0, 0.05) is 31.1 Å². The topological polar surface area (TPSA) is 54.4 Å². The van der Waals surface area contributed by atoms with Gasteiger partial charge in [0.1, 0.15) is 11.6 Å². The zero-order chi connectivity index (χ0) is 15.5. The van der Waals surface area contributed by atoms with Gasteiger partial charge in [-0.15, -0.1) is 0 Å². The Morgan fingerprint density at radius 2 is 2.14 bits per heavy atom. The summed E-state index contributed by atoms with van der Waals surface area (Å²) in [4.78, 5) is 24.7. The van der Waals surface area contributed by atoms with E-state index in [0.717, 1.165) is 31.3 Å². The molecule has 0 aromatic heterocycles. The summed E-state index contributed by atoms with van der Waals surface area (Å²) in [6.45, 7) is 2.21. The number of hydrogen-bond donors (Lipinski definition) is 1. The van der Waals surface area contributed by atoms with E-state index in [2.05, 4.69) is 6.92 Å². The van der Waals surface area contributed by atoms with Gasteiger partial charge in [-0.05, 0) is 42.9 Å². The van der Waals surface area contributed by atoms with Crippen LogP contribution in [0.2, 0.25) is 0 Å². The van der Waals surface area contributed by atoms with E-state index >= 15 is 0 Å². The third-order valence-electron chi connectivity index (χ3n) is 7.28. The number of fused-ring (bicyclic) bond motifs is 5. The molecule has 0 aliphatic heterocycles. The second-order valence-electron chi connectivity index (χ2n) is 8.05. The second kappa shape index (κ2) is 5.02. The van der Waals surface area contributed by atoms with Crippen LogP contribution in [0.15, 0.2) is 11.6 Å². The minimum atomic E-state index is -0.527. The Bertz CT molecular complexity index is 549. The van der Waals surface area contributed by atoms with Crippen molar-refractivity contribution in [2.45, 2.75) is 64.4 Å². The first-order chi connectivity index (χ1) is 10.6. The largest absolute Gasteiger partial charge is 0.389 e. The molecule has 1 unspecified atom stereocenters. The van der Waals surface area contributed by atoms with E-state index in [0.29, 0.717) is 31.0 Å². The molecule has 0 saturated heterocycles. The lowest BCUT2D eigenvalue weighted by Gasteiger charge is -2.53. The molecular weight excluding hydrogens is 276 g/mol. The number of aliphatic hydroxyl groups excluding tert-OH is 1. The van der Waals surface area contributed by atoms with Crippen molar-refractivity contribution in [3.05, 3.63) is 11.6 Å². The number of allylic oxidation sites excluding steroid dienone is 1. The molecule has 120 valence electrons. The third kappa shape index (κ3) is 1.90. The van der Waals surface area contributed by atoms with E-state index in [1.54, 1.807) is 0 Å². The lowest BCUT2D eigenvalue weighted by molar-refractivity contribution is -0.145. The monoisotopic (exact) mass is 302 g/mol. The van der Waals surface area contributed by atoms with E-state index in [4.69, 9.17) is 0 Å². The molecule has 3 heteroatoms. The lowest BCUT2D eigenvalue weighted by atomic mass is 9.51. The Morgan fingerprint density at radius 1 is 1.32 bits per heavy atom. The van der Waals surface area contributed by atoms with Crippen molar-refractivity contribution in [3.8, 4) is 0 Å². The molecule has 0 aromatic carbocycles. The number of hydrogen-bond acceptors (Lipinski definition) is 3. The molecule has 3 fully saturated rings. The van der Waals surface area contributed by atoms with E-state index in [-0.39, 0.29) is 29.0 Å².